The van der Waals surface area contributed by atoms with Gasteiger partial charge in [-0.2, -0.15) is 0 Å². The normalized spacial score (nSPS) is 20.6. The Kier molecular flexibility index (Phi) is 25.5. The number of methoxy groups -OCH3 is 2. The highest BCUT2D eigenvalue weighted by molar-refractivity contribution is 5.76. The number of para-hydroxylation sites is 6. The Morgan fingerprint density at radius 3 is 1.23 bits per heavy atom. The third-order valence-electron chi connectivity index (χ3n) is 21.4. The van der Waals surface area contributed by atoms with Gasteiger partial charge in [0.2, 0.25) is 0 Å². The van der Waals surface area contributed by atoms with Crippen molar-refractivity contribution < 1.29 is 37.3 Å². The molecule has 99 heavy (non-hydrogen) atoms. The van der Waals surface area contributed by atoms with Gasteiger partial charge in [-0.25, -0.2) is 32.9 Å². The molecule has 3 aliphatic carbocycles. The van der Waals surface area contributed by atoms with Gasteiger partial charge in [0.15, 0.2) is 0 Å². The van der Waals surface area contributed by atoms with Crippen LogP contribution in [-0.2, 0) is 57.5 Å². The predicted octanol–water partition coefficient (Wildman–Crippen LogP) is 16.1. The first-order valence-corrected chi connectivity index (χ1v) is 36.3. The number of aromatic amines is 3. The van der Waals surface area contributed by atoms with E-state index in [4.69, 9.17) is 14.2 Å². The lowest BCUT2D eigenvalue weighted by Gasteiger charge is -2.47. The van der Waals surface area contributed by atoms with Gasteiger partial charge in [0.25, 0.3) is 0 Å². The Labute approximate surface area is 585 Å². The number of aliphatic hydroxyl groups is 1. The molecule has 0 spiro atoms. The van der Waals surface area contributed by atoms with Crippen LogP contribution in [0, 0.1) is 35.2 Å². The zero-order valence-electron chi connectivity index (χ0n) is 60.5. The van der Waals surface area contributed by atoms with E-state index in [9.17, 15) is 23.1 Å². The standard InChI is InChI=1S/C29H38FN3O3.C27H36FN3O.C26H34FN3O/c1-20(2)28-23-12-11-22(30)18-21(23)13-14-29(28,36-27(34)19-35-4)15-17-33(3)16-7-10-26-31-24-8-5-6-9-25(24)32-26;1-19(2)26-22-12-11-21(28)18-20(22)13-14-27(26,32-4)15-17-31(3)16-7-10-25-29-23-8-5-6-9-24(23)30-25;1-18(2)25-21-11-10-20(27)17-19(21)12-13-26(25,31)14-16-30(3)15-6-9-24-28-22-7-4-5-8-23(22)29-24/h5-6,8-9,11-12,18,20,28H,7,10,13-17,19H2,1-4H3,(H,31,32);5-6,8-9,11-12,18-19,26H,7,10,13-17H2,1-4H3,(H,29,30);4-5,7-8,10-11,17-18,25,31H,6,9,12-16H2,1-3H3,(H,28,29)/t28-,29-;26-,27-;25-,26-/m000/s1. The summed E-state index contributed by atoms with van der Waals surface area (Å²) in [4.78, 5) is 43.9. The highest BCUT2D eigenvalue weighted by Gasteiger charge is 2.49. The van der Waals surface area contributed by atoms with E-state index in [1.54, 1.807) is 24.3 Å². The number of rotatable bonds is 28. The molecule has 0 aliphatic heterocycles. The topological polar surface area (TPSA) is 161 Å². The molecule has 17 heteroatoms. The molecule has 14 nitrogen and oxygen atoms in total. The van der Waals surface area contributed by atoms with Crippen LogP contribution in [0.4, 0.5) is 13.2 Å². The van der Waals surface area contributed by atoms with E-state index in [0.29, 0.717) is 37.5 Å². The lowest BCUT2D eigenvalue weighted by molar-refractivity contribution is -0.172. The van der Waals surface area contributed by atoms with E-state index in [0.717, 1.165) is 188 Å². The van der Waals surface area contributed by atoms with Crippen LogP contribution in [-0.4, -0.2) is 154 Å². The van der Waals surface area contributed by atoms with Gasteiger partial charge in [-0.1, -0.05) is 96.1 Å². The third kappa shape index (κ3) is 18.7. The number of H-pyrrole nitrogens is 3. The number of fused-ring (bicyclic) bond motifs is 6. The van der Waals surface area contributed by atoms with Gasteiger partial charge in [-0.15, -0.1) is 0 Å². The number of carbonyl (C=O) groups excluding carboxylic acids is 1. The second-order valence-corrected chi connectivity index (χ2v) is 29.6. The zero-order valence-corrected chi connectivity index (χ0v) is 60.5. The van der Waals surface area contributed by atoms with Crippen LogP contribution >= 0.6 is 0 Å². The van der Waals surface area contributed by atoms with E-state index in [-0.39, 0.29) is 59.3 Å². The lowest BCUT2D eigenvalue weighted by atomic mass is 9.65. The second kappa shape index (κ2) is 33.9. The molecule has 4 N–H and O–H groups in total. The molecule has 9 aromatic rings. The monoisotopic (exact) mass is 1360 g/mol. The number of ether oxygens (including phenoxy) is 3. The smallest absolute Gasteiger partial charge is 0.332 e. The van der Waals surface area contributed by atoms with Crippen LogP contribution in [0.3, 0.4) is 0 Å². The summed E-state index contributed by atoms with van der Waals surface area (Å²) in [5.41, 5.74) is 11.4. The quantitative estimate of drug-likeness (QED) is 0.0346. The second-order valence-electron chi connectivity index (χ2n) is 29.6. The van der Waals surface area contributed by atoms with Crippen molar-refractivity contribution in [2.75, 3.05) is 81.2 Å². The molecule has 0 unspecified atom stereocenters. The SMILES string of the molecule is CC(C)[C@H]1c2ccc(F)cc2CC[C@]1(O)CCN(C)CCCc1nc2ccccc2[nH]1.COCC(=O)O[C@]1(CCN(C)CCCc2nc3ccccc3[nH]2)CCc2cc(F)ccc2[C@@H]1C(C)C.CO[C@]1(CCN(C)CCCc2nc3ccccc3[nH]2)CCc2cc(F)ccc2[C@@H]1C(C)C. The summed E-state index contributed by atoms with van der Waals surface area (Å²) >= 11 is 0. The van der Waals surface area contributed by atoms with E-state index >= 15 is 0 Å². The number of aromatic nitrogens is 6. The van der Waals surface area contributed by atoms with E-state index in [1.807, 2.05) is 86.0 Å². The molecular weight excluding hydrogens is 1250 g/mol. The Balaban J connectivity index is 0.000000161. The number of nitrogens with one attached hydrogen (secondary N) is 3. The summed E-state index contributed by atoms with van der Waals surface area (Å²) in [6, 6.07) is 39.8. The van der Waals surface area contributed by atoms with Gasteiger partial charge in [0.05, 0.1) is 44.3 Å². The number of hydrogen-bond donors (Lipinski definition) is 4. The molecule has 3 heterocycles. The molecule has 6 atom stereocenters. The Bertz CT molecular complexity index is 3970. The summed E-state index contributed by atoms with van der Waals surface area (Å²) in [7, 11) is 9.78. The van der Waals surface area contributed by atoms with Crippen molar-refractivity contribution in [3.8, 4) is 0 Å². The fraction of sp³-hybridized carbons (Fsp3) is 0.512. The average molecular weight is 1360 g/mol. The fourth-order valence-corrected chi connectivity index (χ4v) is 16.7. The molecule has 0 radical (unpaired) electrons. The van der Waals surface area contributed by atoms with Crippen molar-refractivity contribution in [3.63, 3.8) is 0 Å². The van der Waals surface area contributed by atoms with Gasteiger partial charge in [0.1, 0.15) is 47.1 Å². The number of imidazole rings is 3. The average Bonchev–Trinajstić information content (AvgIpc) is 1.67. The van der Waals surface area contributed by atoms with E-state index in [2.05, 4.69) is 119 Å². The molecule has 12 rings (SSSR count). The van der Waals surface area contributed by atoms with Gasteiger partial charge in [0, 0.05) is 77.3 Å². The van der Waals surface area contributed by atoms with E-state index < -0.39 is 11.2 Å². The molecule has 0 amide bonds. The number of nitrogens with zero attached hydrogens (tertiary/aromatic N) is 6. The first-order valence-electron chi connectivity index (χ1n) is 36.3. The molecule has 6 aromatic carbocycles. The van der Waals surface area contributed by atoms with Crippen LogP contribution in [0.5, 0.6) is 0 Å². The molecule has 532 valence electrons. The molecule has 0 saturated heterocycles. The largest absolute Gasteiger partial charge is 0.457 e. The van der Waals surface area contributed by atoms with Crippen molar-refractivity contribution in [1.29, 1.82) is 0 Å². The van der Waals surface area contributed by atoms with Gasteiger partial charge >= 0.3 is 5.97 Å². The van der Waals surface area contributed by atoms with Crippen LogP contribution in [0.15, 0.2) is 127 Å². The number of benzene rings is 6. The van der Waals surface area contributed by atoms with Gasteiger partial charge in [-0.05, 0) is 235 Å². The molecular formula is C82H108F3N9O5. The lowest BCUT2D eigenvalue weighted by Crippen LogP contribution is -2.49. The number of aryl methyl sites for hydroxylation is 6. The summed E-state index contributed by atoms with van der Waals surface area (Å²) in [5, 5.41) is 11.6. The molecule has 0 fully saturated rings. The van der Waals surface area contributed by atoms with Gasteiger partial charge < -0.3 is 49.0 Å². The summed E-state index contributed by atoms with van der Waals surface area (Å²) in [6.45, 7) is 18.6. The Morgan fingerprint density at radius 2 is 0.848 bits per heavy atom. The molecule has 0 saturated carbocycles. The summed E-state index contributed by atoms with van der Waals surface area (Å²) < 4.78 is 59.0. The fourth-order valence-electron chi connectivity index (χ4n) is 16.7. The van der Waals surface area contributed by atoms with Crippen molar-refractivity contribution in [1.82, 2.24) is 44.6 Å². The third-order valence-corrected chi connectivity index (χ3v) is 21.4. The first-order chi connectivity index (χ1) is 47.6. The summed E-state index contributed by atoms with van der Waals surface area (Å²) in [6.07, 6.45) is 12.8. The maximum Gasteiger partial charge on any atom is 0.332 e. The van der Waals surface area contributed by atoms with Crippen molar-refractivity contribution in [2.24, 2.45) is 17.8 Å². The van der Waals surface area contributed by atoms with Crippen LogP contribution < -0.4 is 0 Å². The van der Waals surface area contributed by atoms with Crippen molar-refractivity contribution in [2.45, 2.75) is 172 Å². The predicted molar refractivity (Wildman–Crippen MR) is 392 cm³/mol. The minimum Gasteiger partial charge on any atom is -0.457 e. The number of carbonyl (C=O) groups is 1. The number of hydrogen-bond acceptors (Lipinski definition) is 11. The first kappa shape index (κ1) is 74.4. The highest BCUT2D eigenvalue weighted by atomic mass is 19.1. The molecule has 3 aromatic heterocycles. The maximum atomic E-state index is 14.0. The maximum absolute atomic E-state index is 14.0. The Morgan fingerprint density at radius 1 is 0.495 bits per heavy atom. The van der Waals surface area contributed by atoms with Crippen LogP contribution in [0.25, 0.3) is 33.1 Å². The highest BCUT2D eigenvalue weighted by Crippen LogP contribution is 2.50. The van der Waals surface area contributed by atoms with Crippen molar-refractivity contribution in [3.05, 3.63) is 196 Å². The minimum atomic E-state index is -0.744. The molecule has 3 aliphatic rings. The number of esters is 1. The molecule has 0 bridgehead atoms. The van der Waals surface area contributed by atoms with E-state index in [1.165, 1.54) is 24.8 Å². The minimum absolute atomic E-state index is 0.00777. The Hall–Kier alpha value is -7.25. The van der Waals surface area contributed by atoms with Crippen LogP contribution in [0.2, 0.25) is 0 Å². The van der Waals surface area contributed by atoms with Crippen molar-refractivity contribution >= 4 is 39.1 Å². The van der Waals surface area contributed by atoms with Gasteiger partial charge in [-0.3, -0.25) is 0 Å². The number of halogens is 3. The zero-order chi connectivity index (χ0) is 70.4. The summed E-state index contributed by atoms with van der Waals surface area (Å²) in [5.74, 6) is 3.47. The van der Waals surface area contributed by atoms with Crippen LogP contribution in [0.1, 0.15) is 168 Å².